The lowest BCUT2D eigenvalue weighted by Gasteiger charge is -2.36. The van der Waals surface area contributed by atoms with E-state index in [1.165, 1.54) is 4.90 Å². The van der Waals surface area contributed by atoms with Crippen LogP contribution in [0.3, 0.4) is 0 Å². The first-order valence-electron chi connectivity index (χ1n) is 9.44. The number of aliphatic carboxylic acids is 1. The van der Waals surface area contributed by atoms with Crippen molar-refractivity contribution in [3.05, 3.63) is 35.9 Å². The minimum atomic E-state index is -1.45. The van der Waals surface area contributed by atoms with Crippen LogP contribution in [0.25, 0.3) is 0 Å². The maximum Gasteiger partial charge on any atom is 0.324 e. The summed E-state index contributed by atoms with van der Waals surface area (Å²) in [7, 11) is 0. The minimum Gasteiger partial charge on any atom is -0.480 e. The number of hydrogen-bond acceptors (Lipinski definition) is 4. The molecule has 0 aromatic heterocycles. The van der Waals surface area contributed by atoms with Crippen molar-refractivity contribution in [1.82, 2.24) is 10.2 Å². The van der Waals surface area contributed by atoms with E-state index in [9.17, 15) is 19.5 Å². The zero-order valence-corrected chi connectivity index (χ0v) is 16.5. The van der Waals surface area contributed by atoms with E-state index in [1.54, 1.807) is 20.8 Å². The largest absolute Gasteiger partial charge is 0.480 e. The zero-order valence-electron chi connectivity index (χ0n) is 16.5. The van der Waals surface area contributed by atoms with Crippen molar-refractivity contribution < 1.29 is 19.5 Å². The van der Waals surface area contributed by atoms with Crippen LogP contribution in [0.2, 0.25) is 0 Å². The van der Waals surface area contributed by atoms with Gasteiger partial charge in [-0.15, -0.1) is 0 Å². The number of carboxylic acids is 1. The molecule has 0 saturated carbocycles. The summed E-state index contributed by atoms with van der Waals surface area (Å²) < 4.78 is 0. The number of hydrogen-bond donors (Lipinski definition) is 2. The maximum absolute atomic E-state index is 13.3. The Morgan fingerprint density at radius 1 is 1.19 bits per heavy atom. The molecule has 27 heavy (non-hydrogen) atoms. The van der Waals surface area contributed by atoms with Gasteiger partial charge >= 0.3 is 5.97 Å². The number of fused-ring (bicyclic) bond motifs is 1. The molecule has 0 radical (unpaired) electrons. The van der Waals surface area contributed by atoms with Gasteiger partial charge in [0.25, 0.3) is 0 Å². The van der Waals surface area contributed by atoms with Gasteiger partial charge in [0, 0.05) is 11.6 Å². The highest BCUT2D eigenvalue weighted by atomic mass is 16.4. The Labute approximate surface area is 159 Å². The predicted octanol–water partition coefficient (Wildman–Crippen LogP) is 2.60. The Balaban J connectivity index is 2.18. The van der Waals surface area contributed by atoms with E-state index in [0.29, 0.717) is 0 Å². The van der Waals surface area contributed by atoms with E-state index >= 15 is 0 Å². The van der Waals surface area contributed by atoms with Gasteiger partial charge in [-0.05, 0) is 38.7 Å². The molecule has 0 spiro atoms. The first kappa shape index (κ1) is 19.5. The Morgan fingerprint density at radius 3 is 2.26 bits per heavy atom. The Hall–Kier alpha value is -2.21. The van der Waals surface area contributed by atoms with Crippen molar-refractivity contribution in [1.29, 1.82) is 0 Å². The van der Waals surface area contributed by atoms with Gasteiger partial charge in [0.1, 0.15) is 5.54 Å². The first-order valence-corrected chi connectivity index (χ1v) is 9.44. The molecule has 2 heterocycles. The number of carbonyl (C=O) groups excluding carboxylic acids is 2. The SMILES string of the molecule is CC(C)CC1(C(=O)O)NC(c2ccccc2)C2C(=O)N(C(C)(C)C)C(=O)C21. The molecule has 1 aromatic carbocycles. The average molecular weight is 372 g/mol. The third kappa shape index (κ3) is 2.96. The maximum atomic E-state index is 13.3. The highest BCUT2D eigenvalue weighted by Crippen LogP contribution is 2.52. The number of amides is 2. The summed E-state index contributed by atoms with van der Waals surface area (Å²) >= 11 is 0. The molecule has 2 amide bonds. The fourth-order valence-corrected chi connectivity index (χ4v) is 4.73. The molecule has 6 nitrogen and oxygen atoms in total. The topological polar surface area (TPSA) is 86.7 Å². The second-order valence-corrected chi connectivity index (χ2v) is 9.09. The van der Waals surface area contributed by atoms with Crippen molar-refractivity contribution >= 4 is 17.8 Å². The molecule has 0 aliphatic carbocycles. The van der Waals surface area contributed by atoms with Gasteiger partial charge in [-0.1, -0.05) is 44.2 Å². The fourth-order valence-electron chi connectivity index (χ4n) is 4.73. The molecule has 146 valence electrons. The third-order valence-electron chi connectivity index (χ3n) is 5.60. The highest BCUT2D eigenvalue weighted by Gasteiger charge is 2.69. The predicted molar refractivity (Wildman–Crippen MR) is 101 cm³/mol. The molecule has 2 aliphatic heterocycles. The van der Waals surface area contributed by atoms with Crippen LogP contribution in [0.4, 0.5) is 0 Å². The summed E-state index contributed by atoms with van der Waals surface area (Å²) in [6.45, 7) is 9.28. The van der Waals surface area contributed by atoms with Crippen molar-refractivity contribution in [2.24, 2.45) is 17.8 Å². The Morgan fingerprint density at radius 2 is 1.78 bits per heavy atom. The highest BCUT2D eigenvalue weighted by molar-refractivity contribution is 6.10. The lowest BCUT2D eigenvalue weighted by Crippen LogP contribution is -2.58. The molecule has 2 saturated heterocycles. The summed E-state index contributed by atoms with van der Waals surface area (Å²) in [5.41, 5.74) is -1.32. The molecular formula is C21H28N2O4. The number of imide groups is 1. The first-order chi connectivity index (χ1) is 12.5. The van der Waals surface area contributed by atoms with Gasteiger partial charge in [0.05, 0.1) is 11.8 Å². The van der Waals surface area contributed by atoms with Crippen LogP contribution in [0, 0.1) is 17.8 Å². The van der Waals surface area contributed by atoms with Gasteiger partial charge in [0.2, 0.25) is 11.8 Å². The van der Waals surface area contributed by atoms with E-state index in [1.807, 2.05) is 44.2 Å². The molecule has 4 atom stereocenters. The van der Waals surface area contributed by atoms with E-state index in [-0.39, 0.29) is 24.2 Å². The van der Waals surface area contributed by atoms with Gasteiger partial charge in [0.15, 0.2) is 0 Å². The van der Waals surface area contributed by atoms with Gasteiger partial charge in [-0.2, -0.15) is 0 Å². The van der Waals surface area contributed by atoms with Crippen molar-refractivity contribution in [3.63, 3.8) is 0 Å². The van der Waals surface area contributed by atoms with Crippen LogP contribution in [-0.4, -0.2) is 38.9 Å². The van der Waals surface area contributed by atoms with E-state index in [2.05, 4.69) is 5.32 Å². The van der Waals surface area contributed by atoms with Crippen molar-refractivity contribution in [3.8, 4) is 0 Å². The van der Waals surface area contributed by atoms with Crippen LogP contribution in [0.5, 0.6) is 0 Å². The van der Waals surface area contributed by atoms with E-state index in [4.69, 9.17) is 0 Å². The normalized spacial score (nSPS) is 30.9. The Bertz CT molecular complexity index is 768. The molecule has 3 rings (SSSR count). The molecule has 6 heteroatoms. The van der Waals surface area contributed by atoms with Crippen LogP contribution in [0.15, 0.2) is 30.3 Å². The number of rotatable bonds is 4. The van der Waals surface area contributed by atoms with Gasteiger partial charge in [-0.25, -0.2) is 0 Å². The summed E-state index contributed by atoms with van der Waals surface area (Å²) in [5.74, 6) is -3.31. The van der Waals surface area contributed by atoms with Crippen molar-refractivity contribution in [2.45, 2.75) is 58.2 Å². The number of benzene rings is 1. The number of carbonyl (C=O) groups is 3. The summed E-state index contributed by atoms with van der Waals surface area (Å²) in [4.78, 5) is 40.3. The fraction of sp³-hybridized carbons (Fsp3) is 0.571. The number of likely N-dealkylation sites (tertiary alicyclic amines) is 1. The lowest BCUT2D eigenvalue weighted by atomic mass is 9.75. The van der Waals surface area contributed by atoms with Crippen LogP contribution in [0.1, 0.15) is 52.6 Å². The third-order valence-corrected chi connectivity index (χ3v) is 5.60. The minimum absolute atomic E-state index is 0.0513. The van der Waals surface area contributed by atoms with Crippen LogP contribution >= 0.6 is 0 Å². The number of carboxylic acid groups (broad SMARTS) is 1. The van der Waals surface area contributed by atoms with Gasteiger partial charge in [-0.3, -0.25) is 24.6 Å². The van der Waals surface area contributed by atoms with Crippen molar-refractivity contribution in [2.75, 3.05) is 0 Å². The second kappa shape index (κ2) is 6.44. The number of nitrogens with one attached hydrogen (secondary N) is 1. The lowest BCUT2D eigenvalue weighted by molar-refractivity contribution is -0.154. The quantitative estimate of drug-likeness (QED) is 0.794. The monoisotopic (exact) mass is 372 g/mol. The smallest absolute Gasteiger partial charge is 0.324 e. The summed E-state index contributed by atoms with van der Waals surface area (Å²) in [6.07, 6.45) is 0.282. The summed E-state index contributed by atoms with van der Waals surface area (Å²) in [6, 6.07) is 8.84. The van der Waals surface area contributed by atoms with Gasteiger partial charge < -0.3 is 5.11 Å². The molecule has 1 aromatic rings. The van der Waals surface area contributed by atoms with Crippen LogP contribution in [-0.2, 0) is 14.4 Å². The molecule has 4 unspecified atom stereocenters. The molecular weight excluding hydrogens is 344 g/mol. The van der Waals surface area contributed by atoms with E-state index in [0.717, 1.165) is 5.56 Å². The second-order valence-electron chi connectivity index (χ2n) is 9.09. The number of nitrogens with zero attached hydrogens (tertiary/aromatic N) is 1. The Kier molecular flexibility index (Phi) is 4.67. The standard InChI is InChI=1S/C21H28N2O4/c1-12(2)11-21(19(26)27)15-14(16(22-21)13-9-7-6-8-10-13)17(24)23(18(15)25)20(3,4)5/h6-10,12,14-16,22H,11H2,1-5H3,(H,26,27). The zero-order chi connectivity index (χ0) is 20.1. The van der Waals surface area contributed by atoms with E-state index < -0.39 is 34.9 Å². The molecule has 0 bridgehead atoms. The molecule has 2 fully saturated rings. The summed E-state index contributed by atoms with van der Waals surface area (Å²) in [5, 5.41) is 13.4. The average Bonchev–Trinajstić information content (AvgIpc) is 3.03. The van der Waals surface area contributed by atoms with Crippen LogP contribution < -0.4 is 5.32 Å². The molecule has 2 aliphatic rings. The molecule has 2 N–H and O–H groups in total.